The highest BCUT2D eigenvalue weighted by Crippen LogP contribution is 2.44. The smallest absolute Gasteiger partial charge is 0.335 e. The van der Waals surface area contributed by atoms with Crippen LogP contribution in [-0.2, 0) is 39.3 Å². The molecule has 10 heterocycles. The number of carbonyl (C=O) groups excluding carboxylic acids is 4. The van der Waals surface area contributed by atoms with E-state index in [-0.39, 0.29) is 165 Å². The summed E-state index contributed by atoms with van der Waals surface area (Å²) in [5.74, 6) is 2.33. The second kappa shape index (κ2) is 36.4. The number of sulfone groups is 4. The molecule has 133 heavy (non-hydrogen) atoms. The van der Waals surface area contributed by atoms with Gasteiger partial charge < -0.3 is 14.2 Å². The van der Waals surface area contributed by atoms with Gasteiger partial charge in [-0.3, -0.25) is 51.1 Å². The average molecular weight is 1900 g/mol. The van der Waals surface area contributed by atoms with Crippen molar-refractivity contribution in [1.82, 2.24) is 46.5 Å². The molecule has 34 heteroatoms. The van der Waals surface area contributed by atoms with Gasteiger partial charge in [-0.1, -0.05) is 45.9 Å². The molecule has 29 nitrogen and oxygen atoms in total. The van der Waals surface area contributed by atoms with Gasteiger partial charge >= 0.3 is 22.8 Å². The van der Waals surface area contributed by atoms with Crippen LogP contribution in [0.1, 0.15) is 244 Å². The molecule has 0 amide bonds. The zero-order chi connectivity index (χ0) is 96.1. The summed E-state index contributed by atoms with van der Waals surface area (Å²) >= 11 is 0. The van der Waals surface area contributed by atoms with Crippen molar-refractivity contribution in [2.75, 3.05) is 52.6 Å². The quantitative estimate of drug-likeness (QED) is 0.0431. The van der Waals surface area contributed by atoms with E-state index in [9.17, 15) is 76.4 Å². The van der Waals surface area contributed by atoms with Crippen molar-refractivity contribution in [2.45, 2.75) is 211 Å². The Balaban J connectivity index is 0.000000135. The molecular formula is C99H115FN10O19S4. The zero-order valence-corrected chi connectivity index (χ0v) is 80.9. The van der Waals surface area contributed by atoms with Crippen LogP contribution >= 0.6 is 0 Å². The van der Waals surface area contributed by atoms with Crippen molar-refractivity contribution in [3.8, 4) is 40.3 Å². The standard InChI is InChI=1S/C26H33N3O5S.C25H28N2O5S.C25H28N2O4S.C23H26FN3O5S/c1-6-34-24-14-21(18(4)16-27-24)29-20-8-7-19(13-22(20)28(17(2)3)25(29)31)23(30)15-26(5)9-11-35(32,33)12-10-26;1-16(2)26-22-11-17(23(28)13-25(3)14-33(30,31)15-25)7-10-21(22)27(24(26)29)18-5-4-6-20(12-18)32-19-8-9-19;1-16(2)26-22-12-19(23(28)13-25(3)14-32(30,31)15-25)9-10-21(22)27(24(26)29)20-6-4-5-18(11-20)17-7-8-17;1-14(2)26-19-9-16(20(28)11-23(4)12-33(30,31)13-23)5-6-18(19)27(22(26)29)21-10-17(7-8-25-21)32-15(3)24/h7-8,13-14,16-17H,6,9-12,15H2,1-5H3;4-7,10-12,16,19H,8-9,13-15H2,1-3H3;4-6,9-12,16-17H,7-8,13-15H2,1-3H3;5-10,14-15H,11-13H2,1-4H3. The molecule has 1 unspecified atom stereocenters. The van der Waals surface area contributed by atoms with Crippen LogP contribution in [0, 0.1) is 28.6 Å². The van der Waals surface area contributed by atoms with Gasteiger partial charge in [-0.25, -0.2) is 71.8 Å². The largest absolute Gasteiger partial charge is 0.490 e. The van der Waals surface area contributed by atoms with E-state index < -0.39 is 62.0 Å². The average Bonchev–Trinajstić information content (AvgIpc) is 1.68. The minimum Gasteiger partial charge on any atom is -0.490 e. The number of hydrogen-bond donors (Lipinski definition) is 0. The van der Waals surface area contributed by atoms with Crippen LogP contribution in [0.3, 0.4) is 0 Å². The van der Waals surface area contributed by atoms with Gasteiger partial charge in [0.15, 0.2) is 52.6 Å². The minimum atomic E-state index is -3.06. The summed E-state index contributed by atoms with van der Waals surface area (Å²) in [5, 5.41) is 0. The number of aromatic nitrogens is 10. The molecule has 706 valence electrons. The fourth-order valence-corrected chi connectivity index (χ4v) is 27.7. The Morgan fingerprint density at radius 2 is 0.812 bits per heavy atom. The van der Waals surface area contributed by atoms with Crippen molar-refractivity contribution < 1.29 is 71.5 Å². The second-order valence-corrected chi connectivity index (χ2v) is 48.0. The summed E-state index contributed by atoms with van der Waals surface area (Å²) in [6, 6.07) is 41.0. The number of pyridine rings is 2. The van der Waals surface area contributed by atoms with Crippen molar-refractivity contribution >= 4 is 107 Å². The van der Waals surface area contributed by atoms with Gasteiger partial charge in [0, 0.05) is 126 Å². The highest BCUT2D eigenvalue weighted by molar-refractivity contribution is 7.93. The van der Waals surface area contributed by atoms with Crippen LogP contribution in [-0.4, -0.2) is 168 Å². The van der Waals surface area contributed by atoms with Crippen molar-refractivity contribution in [2.24, 2.45) is 21.7 Å². The maximum absolute atomic E-state index is 13.6. The summed E-state index contributed by atoms with van der Waals surface area (Å²) in [4.78, 5) is 115. The van der Waals surface area contributed by atoms with Crippen LogP contribution in [0.25, 0.3) is 67.0 Å². The van der Waals surface area contributed by atoms with Crippen molar-refractivity contribution in [1.29, 1.82) is 0 Å². The Hall–Kier alpha value is -11.5. The Labute approximate surface area is 772 Å². The Morgan fingerprint density at radius 1 is 0.429 bits per heavy atom. The first kappa shape index (κ1) is 96.1. The SMILES string of the molecule is CC(C)n1c(=O)n(-c2cccc(C3CC3)c2)c2ccc(C(=O)CC3(C)CS(=O)(=O)C3)cc21.CC(C)n1c(=O)n(-c2cccc(OC3CC3)c2)c2ccc(C(=O)CC3(C)CS(=O)(=O)C3)cc21.CC(F)Oc1ccnc(-n2c(=O)n(C(C)C)c3cc(C(=O)CC4(C)CS(=O)(=O)C4)ccc32)c1.CCOc1cc(-n2c(=O)n(C(C)C)c3cc(C(=O)CC4(C)CCS(=O)(=O)CC4)ccc32)c(C)cn1. The minimum absolute atomic E-state index is 0.00262. The molecule has 18 rings (SSSR count). The topological polar surface area (TPSA) is 366 Å². The summed E-state index contributed by atoms with van der Waals surface area (Å²) in [7, 11) is -12.1. The maximum Gasteiger partial charge on any atom is 0.335 e. The fraction of sp³-hybridized carbons (Fsp3) is 0.455. The van der Waals surface area contributed by atoms with Gasteiger partial charge in [0.05, 0.1) is 120 Å². The number of imidazole rings is 4. The van der Waals surface area contributed by atoms with Crippen LogP contribution < -0.4 is 37.0 Å². The van der Waals surface area contributed by atoms with E-state index in [2.05, 4.69) is 22.1 Å². The molecule has 6 aliphatic rings. The molecule has 0 N–H and O–H groups in total. The molecule has 6 aromatic carbocycles. The van der Waals surface area contributed by atoms with Crippen molar-refractivity contribution in [3.05, 3.63) is 227 Å². The number of halogens is 1. The maximum atomic E-state index is 13.6. The third-order valence-electron chi connectivity index (χ3n) is 25.5. The number of Topliss-reactive ketones (excluding diaryl/α,β-unsaturated/α-hetero) is 4. The normalized spacial score (nSPS) is 18.2. The lowest BCUT2D eigenvalue weighted by molar-refractivity contribution is 0.0857. The molecule has 4 aliphatic heterocycles. The molecule has 0 bridgehead atoms. The first-order valence-corrected chi connectivity index (χ1v) is 52.5. The zero-order valence-electron chi connectivity index (χ0n) is 77.7. The first-order chi connectivity index (χ1) is 62.5. The first-order valence-electron chi connectivity index (χ1n) is 45.2. The fourth-order valence-electron chi connectivity index (χ4n) is 19.2. The van der Waals surface area contributed by atoms with Crippen LogP contribution in [0.15, 0.2) is 171 Å². The third-order valence-corrected chi connectivity index (χ3v) is 34.0. The Kier molecular flexibility index (Phi) is 26.3. The van der Waals surface area contributed by atoms with Gasteiger partial charge in [-0.2, -0.15) is 0 Å². The predicted molar refractivity (Wildman–Crippen MR) is 512 cm³/mol. The van der Waals surface area contributed by atoms with Gasteiger partial charge in [0.25, 0.3) is 0 Å². The number of carbonyl (C=O) groups is 4. The van der Waals surface area contributed by atoms with Crippen LogP contribution in [0.2, 0.25) is 0 Å². The van der Waals surface area contributed by atoms with Gasteiger partial charge in [-0.15, -0.1) is 0 Å². The Morgan fingerprint density at radius 3 is 1.20 bits per heavy atom. The van der Waals surface area contributed by atoms with Gasteiger partial charge in [0.2, 0.25) is 12.2 Å². The summed E-state index contributed by atoms with van der Waals surface area (Å²) < 4.78 is 136. The number of benzene rings is 6. The highest BCUT2D eigenvalue weighted by atomic mass is 32.2. The van der Waals surface area contributed by atoms with E-state index in [4.69, 9.17) is 14.2 Å². The molecule has 4 saturated heterocycles. The third kappa shape index (κ3) is 20.6. The number of rotatable bonds is 27. The lowest BCUT2D eigenvalue weighted by Gasteiger charge is -2.37. The Bertz CT molecular complexity index is 7180. The number of hydrogen-bond acceptors (Lipinski definition) is 21. The monoisotopic (exact) mass is 1890 g/mol. The predicted octanol–water partition coefficient (Wildman–Crippen LogP) is 15.9. The molecule has 12 aromatic rings. The number of ether oxygens (including phenoxy) is 3. The molecule has 6 fully saturated rings. The molecule has 2 aliphatic carbocycles. The van der Waals surface area contributed by atoms with E-state index >= 15 is 0 Å². The molecule has 0 radical (unpaired) electrons. The second-order valence-electron chi connectivity index (χ2n) is 39.5. The summed E-state index contributed by atoms with van der Waals surface area (Å²) in [6.45, 7) is 28.3. The molecule has 6 aromatic heterocycles. The molecule has 0 spiro atoms. The number of nitrogens with zero attached hydrogens (tertiary/aromatic N) is 10. The number of aryl methyl sites for hydroxylation is 1. The van der Waals surface area contributed by atoms with E-state index in [1.54, 1.807) is 112 Å². The van der Waals surface area contributed by atoms with Crippen LogP contribution in [0.5, 0.6) is 17.4 Å². The van der Waals surface area contributed by atoms with Gasteiger partial charge in [-0.05, 0) is 233 Å². The summed E-state index contributed by atoms with van der Waals surface area (Å²) in [5.41, 5.74) is 8.89. The van der Waals surface area contributed by atoms with Crippen molar-refractivity contribution in [3.63, 3.8) is 0 Å². The lowest BCUT2D eigenvalue weighted by Crippen LogP contribution is -2.47. The van der Waals surface area contributed by atoms with Crippen LogP contribution in [0.4, 0.5) is 4.39 Å². The highest BCUT2D eigenvalue weighted by Gasteiger charge is 2.49. The number of fused-ring (bicyclic) bond motifs is 4. The lowest BCUT2D eigenvalue weighted by atomic mass is 9.78. The summed E-state index contributed by atoms with van der Waals surface area (Å²) in [6.07, 6.45) is 8.09. The van der Waals surface area contributed by atoms with E-state index in [0.717, 1.165) is 40.9 Å². The van der Waals surface area contributed by atoms with Gasteiger partial charge in [0.1, 0.15) is 27.2 Å². The van der Waals surface area contributed by atoms with E-state index in [1.165, 1.54) is 48.2 Å². The molecule has 1 atom stereocenters. The number of ketones is 4. The number of alkyl halides is 1. The molecular weight excluding hydrogens is 1780 g/mol. The van der Waals surface area contributed by atoms with E-state index in [0.29, 0.717) is 98.0 Å². The van der Waals surface area contributed by atoms with E-state index in [1.807, 2.05) is 139 Å². The molecule has 2 saturated carbocycles.